The lowest BCUT2D eigenvalue weighted by Crippen LogP contribution is -2.65. The molecule has 2 N–H and O–H groups in total. The van der Waals surface area contributed by atoms with E-state index in [-0.39, 0.29) is 39.7 Å². The van der Waals surface area contributed by atoms with Gasteiger partial charge in [0, 0.05) is 6.08 Å². The number of esters is 1. The molecule has 0 aromatic heterocycles. The molecule has 0 spiro atoms. The Hall–Kier alpha value is -2.60. The zero-order valence-corrected chi connectivity index (χ0v) is 29.3. The molecule has 1 aromatic carbocycles. The molecule has 0 aliphatic heterocycles. The van der Waals surface area contributed by atoms with Gasteiger partial charge in [-0.1, -0.05) is 66.2 Å². The fraction of sp³-hybridized carbons (Fsp3) is 0.700. The molecule has 4 saturated carbocycles. The first kappa shape index (κ1) is 33.3. The minimum absolute atomic E-state index is 0.000314. The van der Waals surface area contributed by atoms with Crippen molar-refractivity contribution in [2.75, 3.05) is 7.11 Å². The molecule has 46 heavy (non-hydrogen) atoms. The van der Waals surface area contributed by atoms with Crippen LogP contribution in [0.1, 0.15) is 112 Å². The fourth-order valence-corrected chi connectivity index (χ4v) is 12.1. The summed E-state index contributed by atoms with van der Waals surface area (Å²) < 4.78 is 11.9. The highest BCUT2D eigenvalue weighted by molar-refractivity contribution is 5.85. The highest BCUT2D eigenvalue weighted by atomic mass is 16.6. The van der Waals surface area contributed by atoms with E-state index in [0.717, 1.165) is 63.9 Å². The number of fused-ring (bicyclic) bond motifs is 7. The second kappa shape index (κ2) is 11.2. The molecule has 5 aliphatic carbocycles. The van der Waals surface area contributed by atoms with Crippen LogP contribution in [-0.2, 0) is 9.59 Å². The lowest BCUT2D eigenvalue weighted by molar-refractivity contribution is -0.206. The number of carboxylic acids is 1. The zero-order valence-electron chi connectivity index (χ0n) is 29.3. The van der Waals surface area contributed by atoms with E-state index in [4.69, 9.17) is 14.6 Å². The normalized spacial score (nSPS) is 42.9. The Morgan fingerprint density at radius 1 is 0.913 bits per heavy atom. The Labute approximate surface area is 276 Å². The van der Waals surface area contributed by atoms with Crippen LogP contribution in [-0.4, -0.2) is 35.4 Å². The first-order valence-electron chi connectivity index (χ1n) is 17.7. The lowest BCUT2D eigenvalue weighted by Gasteiger charge is -2.71. The Bertz CT molecular complexity index is 1460. The highest BCUT2D eigenvalue weighted by Gasteiger charge is 2.69. The summed E-state index contributed by atoms with van der Waals surface area (Å²) in [7, 11) is 1.54. The van der Waals surface area contributed by atoms with Gasteiger partial charge in [-0.2, -0.15) is 0 Å². The van der Waals surface area contributed by atoms with Crippen LogP contribution in [0.4, 0.5) is 0 Å². The summed E-state index contributed by atoms with van der Waals surface area (Å²) in [6, 6.07) is 5.20. The SMILES string of the molecule is COc1cc(C=CC(=O)O)ccc1OC(=O)[C@]12CC[C@@H](C)[C@H](C)[C@H]1C1=CCC3[C@@]4(C)CC[C@H](O)C(C)(C)C4CC[C@@]3(C)[C@]1(C)CC2. The number of allylic oxidation sites excluding steroid dienone is 2. The first-order chi connectivity index (χ1) is 21.5. The van der Waals surface area contributed by atoms with Crippen molar-refractivity contribution in [3.05, 3.63) is 41.5 Å². The Morgan fingerprint density at radius 2 is 1.65 bits per heavy atom. The third-order valence-corrected chi connectivity index (χ3v) is 15.2. The Balaban J connectivity index is 1.37. The van der Waals surface area contributed by atoms with Gasteiger partial charge in [0.1, 0.15) is 0 Å². The average Bonchev–Trinajstić information content (AvgIpc) is 3.00. The largest absolute Gasteiger partial charge is 0.493 e. The smallest absolute Gasteiger partial charge is 0.328 e. The maximum atomic E-state index is 14.6. The number of carboxylic acid groups (broad SMARTS) is 1. The van der Waals surface area contributed by atoms with Crippen LogP contribution in [0.2, 0.25) is 0 Å². The number of aliphatic hydroxyl groups is 1. The van der Waals surface area contributed by atoms with Crippen LogP contribution in [0, 0.1) is 56.7 Å². The van der Waals surface area contributed by atoms with Crippen LogP contribution in [0.5, 0.6) is 11.5 Å². The van der Waals surface area contributed by atoms with Gasteiger partial charge in [0.05, 0.1) is 18.6 Å². The average molecular weight is 633 g/mol. The number of aliphatic carboxylic acids is 1. The molecular weight excluding hydrogens is 576 g/mol. The topological polar surface area (TPSA) is 93.1 Å². The monoisotopic (exact) mass is 632 g/mol. The molecule has 0 bridgehead atoms. The van der Waals surface area contributed by atoms with Crippen molar-refractivity contribution in [3.8, 4) is 11.5 Å². The quantitative estimate of drug-likeness (QED) is 0.146. The maximum absolute atomic E-state index is 14.6. The molecule has 0 saturated heterocycles. The molecule has 2 unspecified atom stereocenters. The summed E-state index contributed by atoms with van der Waals surface area (Å²) in [5.74, 6) is 1.68. The molecule has 0 amide bonds. The van der Waals surface area contributed by atoms with E-state index in [0.29, 0.717) is 40.7 Å². The predicted molar refractivity (Wildman–Crippen MR) is 180 cm³/mol. The third-order valence-electron chi connectivity index (χ3n) is 15.2. The number of hydrogen-bond acceptors (Lipinski definition) is 5. The summed E-state index contributed by atoms with van der Waals surface area (Å²) >= 11 is 0. The molecule has 6 nitrogen and oxygen atoms in total. The van der Waals surface area contributed by atoms with Crippen LogP contribution in [0.25, 0.3) is 6.08 Å². The molecule has 1 aromatic rings. The van der Waals surface area contributed by atoms with Crippen molar-refractivity contribution in [2.24, 2.45) is 56.7 Å². The van der Waals surface area contributed by atoms with E-state index in [9.17, 15) is 14.7 Å². The van der Waals surface area contributed by atoms with Gasteiger partial charge in [-0.3, -0.25) is 4.79 Å². The van der Waals surface area contributed by atoms with E-state index in [2.05, 4.69) is 54.5 Å². The zero-order chi connectivity index (χ0) is 33.4. The number of hydrogen-bond donors (Lipinski definition) is 2. The van der Waals surface area contributed by atoms with Gasteiger partial charge in [0.15, 0.2) is 11.5 Å². The number of rotatable bonds is 5. The van der Waals surface area contributed by atoms with Gasteiger partial charge < -0.3 is 19.7 Å². The number of carbonyl (C=O) groups excluding carboxylic acids is 1. The van der Waals surface area contributed by atoms with Gasteiger partial charge in [-0.15, -0.1) is 0 Å². The van der Waals surface area contributed by atoms with Gasteiger partial charge in [0.25, 0.3) is 0 Å². The third kappa shape index (κ3) is 4.66. The molecule has 4 fully saturated rings. The van der Waals surface area contributed by atoms with Gasteiger partial charge in [-0.05, 0) is 133 Å². The molecule has 6 rings (SSSR count). The van der Waals surface area contributed by atoms with Crippen LogP contribution < -0.4 is 9.47 Å². The van der Waals surface area contributed by atoms with E-state index in [1.165, 1.54) is 11.6 Å². The van der Waals surface area contributed by atoms with Crippen LogP contribution >= 0.6 is 0 Å². The second-order valence-corrected chi connectivity index (χ2v) is 17.2. The number of carbonyl (C=O) groups is 2. The first-order valence-corrected chi connectivity index (χ1v) is 17.7. The summed E-state index contributed by atoms with van der Waals surface area (Å²) in [6.45, 7) is 17.0. The molecule has 252 valence electrons. The summed E-state index contributed by atoms with van der Waals surface area (Å²) in [4.78, 5) is 25.6. The predicted octanol–water partition coefficient (Wildman–Crippen LogP) is 8.72. The fourth-order valence-electron chi connectivity index (χ4n) is 12.1. The van der Waals surface area contributed by atoms with Crippen molar-refractivity contribution in [1.29, 1.82) is 0 Å². The minimum Gasteiger partial charge on any atom is -0.493 e. The standard InChI is InChI=1S/C40H56O6/c1-24-15-20-40(35(44)46-28-12-9-26(10-14-33(42)43)23-29(28)45-8)22-21-38(6)27(34(40)25(24)2)11-13-31-37(5)18-17-32(41)36(3,4)30(37)16-19-39(31,38)7/h9-12,14,23-25,30-32,34,41H,13,15-22H2,1-8H3,(H,42,43)/t24-,25+,30?,31?,32+,34+,37+,38-,39-,40+/m1/s1. The van der Waals surface area contributed by atoms with Gasteiger partial charge in [-0.25, -0.2) is 4.79 Å². The summed E-state index contributed by atoms with van der Waals surface area (Å²) in [6.07, 6.45) is 13.9. The highest BCUT2D eigenvalue weighted by Crippen LogP contribution is 2.75. The second-order valence-electron chi connectivity index (χ2n) is 17.2. The molecule has 0 radical (unpaired) electrons. The number of aliphatic hydroxyl groups excluding tert-OH is 1. The van der Waals surface area contributed by atoms with Crippen LogP contribution in [0.15, 0.2) is 35.9 Å². The van der Waals surface area contributed by atoms with Gasteiger partial charge >= 0.3 is 11.9 Å². The molecule has 6 heteroatoms. The molecular formula is C40H56O6. The minimum atomic E-state index is -1.02. The lowest BCUT2D eigenvalue weighted by atomic mass is 9.33. The van der Waals surface area contributed by atoms with Crippen molar-refractivity contribution in [1.82, 2.24) is 0 Å². The van der Waals surface area contributed by atoms with E-state index in [1.807, 2.05) is 0 Å². The van der Waals surface area contributed by atoms with Gasteiger partial charge in [0.2, 0.25) is 0 Å². The van der Waals surface area contributed by atoms with E-state index < -0.39 is 11.4 Å². The number of ether oxygens (including phenoxy) is 2. The Morgan fingerprint density at radius 3 is 2.35 bits per heavy atom. The van der Waals surface area contributed by atoms with Crippen molar-refractivity contribution >= 4 is 18.0 Å². The van der Waals surface area contributed by atoms with Crippen LogP contribution in [0.3, 0.4) is 0 Å². The van der Waals surface area contributed by atoms with E-state index >= 15 is 0 Å². The van der Waals surface area contributed by atoms with Crippen molar-refractivity contribution < 1.29 is 29.3 Å². The number of benzene rings is 1. The summed E-state index contributed by atoms with van der Waals surface area (Å²) in [5.41, 5.74) is 1.81. The molecule has 10 atom stereocenters. The summed E-state index contributed by atoms with van der Waals surface area (Å²) in [5, 5.41) is 20.1. The Kier molecular flexibility index (Phi) is 8.14. The number of methoxy groups -OCH3 is 1. The maximum Gasteiger partial charge on any atom is 0.328 e. The molecule has 0 heterocycles. The molecule has 5 aliphatic rings. The van der Waals surface area contributed by atoms with Crippen molar-refractivity contribution in [2.45, 2.75) is 112 Å². The van der Waals surface area contributed by atoms with E-state index in [1.54, 1.807) is 25.3 Å². The van der Waals surface area contributed by atoms with Crippen molar-refractivity contribution in [3.63, 3.8) is 0 Å².